The molecular weight excluding hydrogens is 360 g/mol. The van der Waals surface area contributed by atoms with E-state index in [2.05, 4.69) is 21.1 Å². The van der Waals surface area contributed by atoms with Crippen molar-refractivity contribution in [3.8, 4) is 0 Å². The fourth-order valence-corrected chi connectivity index (χ4v) is 3.63. The van der Waals surface area contributed by atoms with Crippen LogP contribution in [0.1, 0.15) is 11.1 Å². The smallest absolute Gasteiger partial charge is 0.240 e. The van der Waals surface area contributed by atoms with E-state index < -0.39 is 10.0 Å². The monoisotopic (exact) mass is 380 g/mol. The standard InChI is InChI=1S/C17H21ClN4O2S/c1-12-8-13(2)10-15(9-12)22-17(19)20-6-7-21-25(23,24)16-5-3-4-14(18)11-16/h3-5,8-11,21H,6-7H2,1-2H3,(H3,19,20,22). The lowest BCUT2D eigenvalue weighted by atomic mass is 10.1. The van der Waals surface area contributed by atoms with Gasteiger partial charge in [0.2, 0.25) is 10.0 Å². The molecule has 8 heteroatoms. The molecule has 2 rings (SSSR count). The van der Waals surface area contributed by atoms with Crippen LogP contribution in [0, 0.1) is 13.8 Å². The summed E-state index contributed by atoms with van der Waals surface area (Å²) in [5.74, 6) is 0.229. The molecule has 0 fully saturated rings. The largest absolute Gasteiger partial charge is 0.370 e. The molecule has 25 heavy (non-hydrogen) atoms. The second kappa shape index (κ2) is 8.33. The van der Waals surface area contributed by atoms with E-state index in [-0.39, 0.29) is 23.9 Å². The summed E-state index contributed by atoms with van der Waals surface area (Å²) < 4.78 is 26.7. The summed E-state index contributed by atoms with van der Waals surface area (Å²) in [5, 5.41) is 3.36. The lowest BCUT2D eigenvalue weighted by molar-refractivity contribution is 0.582. The van der Waals surface area contributed by atoms with E-state index >= 15 is 0 Å². The van der Waals surface area contributed by atoms with Gasteiger partial charge in [0.15, 0.2) is 5.96 Å². The topological polar surface area (TPSA) is 96.6 Å². The molecule has 0 atom stereocenters. The van der Waals surface area contributed by atoms with Crippen LogP contribution in [0.15, 0.2) is 52.4 Å². The number of nitrogens with zero attached hydrogens (tertiary/aromatic N) is 1. The van der Waals surface area contributed by atoms with E-state index in [1.54, 1.807) is 12.1 Å². The first-order valence-corrected chi connectivity index (χ1v) is 9.53. The Balaban J connectivity index is 1.89. The van der Waals surface area contributed by atoms with Gasteiger partial charge in [-0.1, -0.05) is 23.7 Å². The average molecular weight is 381 g/mol. The Kier molecular flexibility index (Phi) is 6.41. The third kappa shape index (κ3) is 6.04. The fraction of sp³-hybridized carbons (Fsp3) is 0.235. The molecule has 6 nitrogen and oxygen atoms in total. The minimum atomic E-state index is -3.62. The van der Waals surface area contributed by atoms with Crippen LogP contribution in [0.5, 0.6) is 0 Å². The Morgan fingerprint density at radius 3 is 2.48 bits per heavy atom. The van der Waals surface area contributed by atoms with Gasteiger partial charge in [0.1, 0.15) is 0 Å². The summed E-state index contributed by atoms with van der Waals surface area (Å²) >= 11 is 5.81. The van der Waals surface area contributed by atoms with Crippen molar-refractivity contribution >= 4 is 33.3 Å². The number of rotatable bonds is 6. The zero-order valence-electron chi connectivity index (χ0n) is 14.1. The van der Waals surface area contributed by atoms with Crippen LogP contribution in [-0.2, 0) is 10.0 Å². The van der Waals surface area contributed by atoms with Crippen molar-refractivity contribution in [3.05, 3.63) is 58.6 Å². The van der Waals surface area contributed by atoms with E-state index in [9.17, 15) is 8.42 Å². The van der Waals surface area contributed by atoms with Crippen LogP contribution in [0.3, 0.4) is 0 Å². The highest BCUT2D eigenvalue weighted by atomic mass is 35.5. The van der Waals surface area contributed by atoms with Gasteiger partial charge in [-0.15, -0.1) is 0 Å². The number of hydrogen-bond acceptors (Lipinski definition) is 3. The van der Waals surface area contributed by atoms with Gasteiger partial charge in [0.25, 0.3) is 0 Å². The number of sulfonamides is 1. The Morgan fingerprint density at radius 1 is 1.16 bits per heavy atom. The molecular formula is C17H21ClN4O2S. The number of halogens is 1. The van der Waals surface area contributed by atoms with E-state index in [0.717, 1.165) is 16.8 Å². The van der Waals surface area contributed by atoms with E-state index in [0.29, 0.717) is 5.02 Å². The van der Waals surface area contributed by atoms with Crippen molar-refractivity contribution in [2.24, 2.45) is 10.7 Å². The van der Waals surface area contributed by atoms with Gasteiger partial charge in [0.05, 0.1) is 11.4 Å². The van der Waals surface area contributed by atoms with Crippen LogP contribution < -0.4 is 15.8 Å². The van der Waals surface area contributed by atoms with E-state index in [4.69, 9.17) is 17.3 Å². The third-order valence-corrected chi connectivity index (χ3v) is 4.98. The summed E-state index contributed by atoms with van der Waals surface area (Å²) in [6.07, 6.45) is 0. The van der Waals surface area contributed by atoms with Crippen molar-refractivity contribution < 1.29 is 8.42 Å². The summed E-state index contributed by atoms with van der Waals surface area (Å²) in [4.78, 5) is 4.24. The van der Waals surface area contributed by atoms with Gasteiger partial charge in [-0.25, -0.2) is 13.1 Å². The van der Waals surface area contributed by atoms with Crippen molar-refractivity contribution in [2.45, 2.75) is 18.7 Å². The number of aliphatic imine (C=N–C) groups is 1. The number of benzene rings is 2. The fourth-order valence-electron chi connectivity index (χ4n) is 2.31. The maximum Gasteiger partial charge on any atom is 0.240 e. The van der Waals surface area contributed by atoms with Crippen LogP contribution in [0.4, 0.5) is 5.69 Å². The van der Waals surface area contributed by atoms with Gasteiger partial charge in [-0.05, 0) is 55.3 Å². The third-order valence-electron chi connectivity index (χ3n) is 3.29. The highest BCUT2D eigenvalue weighted by Crippen LogP contribution is 2.15. The van der Waals surface area contributed by atoms with Gasteiger partial charge >= 0.3 is 0 Å². The number of hydrogen-bond donors (Lipinski definition) is 3. The molecule has 2 aromatic rings. The van der Waals surface area contributed by atoms with Crippen molar-refractivity contribution in [3.63, 3.8) is 0 Å². The lowest BCUT2D eigenvalue weighted by Crippen LogP contribution is -2.28. The molecule has 0 aliphatic carbocycles. The van der Waals surface area contributed by atoms with Crippen LogP contribution >= 0.6 is 11.6 Å². The van der Waals surface area contributed by atoms with E-state index in [1.807, 2.05) is 26.0 Å². The maximum absolute atomic E-state index is 12.1. The molecule has 2 aromatic carbocycles. The zero-order valence-corrected chi connectivity index (χ0v) is 15.7. The molecule has 0 spiro atoms. The molecule has 0 saturated carbocycles. The number of anilines is 1. The number of aryl methyl sites for hydroxylation is 2. The normalized spacial score (nSPS) is 12.2. The van der Waals surface area contributed by atoms with E-state index in [1.165, 1.54) is 12.1 Å². The number of guanidine groups is 1. The Bertz CT molecular complexity index is 862. The second-order valence-electron chi connectivity index (χ2n) is 5.62. The molecule has 0 bridgehead atoms. The summed E-state index contributed by atoms with van der Waals surface area (Å²) in [6, 6.07) is 12.0. The van der Waals surface area contributed by atoms with Gasteiger partial charge in [-0.3, -0.25) is 4.99 Å². The number of nitrogens with one attached hydrogen (secondary N) is 2. The molecule has 134 valence electrons. The highest BCUT2D eigenvalue weighted by molar-refractivity contribution is 7.89. The first-order valence-electron chi connectivity index (χ1n) is 7.67. The first kappa shape index (κ1) is 19.2. The van der Waals surface area contributed by atoms with Crippen LogP contribution in [0.2, 0.25) is 5.02 Å². The van der Waals surface area contributed by atoms with Gasteiger partial charge < -0.3 is 11.1 Å². The SMILES string of the molecule is Cc1cc(C)cc(NC(N)=NCCNS(=O)(=O)c2cccc(Cl)c2)c1. The molecule has 0 aromatic heterocycles. The van der Waals surface area contributed by atoms with Crippen molar-refractivity contribution in [1.82, 2.24) is 4.72 Å². The Morgan fingerprint density at radius 2 is 1.84 bits per heavy atom. The molecule has 4 N–H and O–H groups in total. The molecule has 0 radical (unpaired) electrons. The quantitative estimate of drug-likeness (QED) is 0.407. The molecule has 0 unspecified atom stereocenters. The van der Waals surface area contributed by atoms with Gasteiger partial charge in [0, 0.05) is 17.3 Å². The summed E-state index contributed by atoms with van der Waals surface area (Å²) in [7, 11) is -3.62. The number of nitrogens with two attached hydrogens (primary N) is 1. The lowest BCUT2D eigenvalue weighted by Gasteiger charge is -2.09. The van der Waals surface area contributed by atoms with Crippen LogP contribution in [-0.4, -0.2) is 27.5 Å². The zero-order chi connectivity index (χ0) is 18.4. The minimum absolute atomic E-state index is 0.116. The molecule has 0 aliphatic heterocycles. The predicted molar refractivity (Wildman–Crippen MR) is 103 cm³/mol. The van der Waals surface area contributed by atoms with Gasteiger partial charge in [-0.2, -0.15) is 0 Å². The Hall–Kier alpha value is -2.09. The summed E-state index contributed by atoms with van der Waals surface area (Å²) in [5.41, 5.74) is 8.91. The molecule has 0 aliphatic rings. The minimum Gasteiger partial charge on any atom is -0.370 e. The van der Waals surface area contributed by atoms with Crippen LogP contribution in [0.25, 0.3) is 0 Å². The Labute approximate surface area is 153 Å². The molecule has 0 amide bonds. The molecule has 0 saturated heterocycles. The summed E-state index contributed by atoms with van der Waals surface area (Å²) in [6.45, 7) is 4.33. The highest BCUT2D eigenvalue weighted by Gasteiger charge is 2.13. The molecule has 0 heterocycles. The van der Waals surface area contributed by atoms with Crippen molar-refractivity contribution in [2.75, 3.05) is 18.4 Å². The second-order valence-corrected chi connectivity index (χ2v) is 7.83. The first-order chi connectivity index (χ1) is 11.8. The average Bonchev–Trinajstić information content (AvgIpc) is 2.50. The van der Waals surface area contributed by atoms with Crippen molar-refractivity contribution in [1.29, 1.82) is 0 Å². The maximum atomic E-state index is 12.1. The predicted octanol–water partition coefficient (Wildman–Crippen LogP) is 2.66.